The van der Waals surface area contributed by atoms with Gasteiger partial charge in [0.25, 0.3) is 0 Å². The highest BCUT2D eigenvalue weighted by Gasteiger charge is 2.36. The Hall–Kier alpha value is -1.31. The molecule has 0 spiro atoms. The van der Waals surface area contributed by atoms with Crippen LogP contribution in [0.15, 0.2) is 23.1 Å². The van der Waals surface area contributed by atoms with Gasteiger partial charge in [-0.15, -0.1) is 0 Å². The first-order valence-electron chi connectivity index (χ1n) is 6.75. The zero-order chi connectivity index (χ0) is 15.6. The highest BCUT2D eigenvalue weighted by atomic mass is 32.2. The van der Waals surface area contributed by atoms with Crippen LogP contribution in [0.3, 0.4) is 0 Å². The molecule has 1 aliphatic heterocycles. The zero-order valence-electron chi connectivity index (χ0n) is 12.7. The highest BCUT2D eigenvalue weighted by molar-refractivity contribution is 7.89. The van der Waals surface area contributed by atoms with Crippen LogP contribution in [0.4, 0.5) is 0 Å². The van der Waals surface area contributed by atoms with E-state index < -0.39 is 10.0 Å². The average Bonchev–Trinajstić information content (AvgIpc) is 2.48. The van der Waals surface area contributed by atoms with Crippen molar-refractivity contribution in [1.29, 1.82) is 0 Å². The van der Waals surface area contributed by atoms with E-state index in [4.69, 9.17) is 14.2 Å². The summed E-state index contributed by atoms with van der Waals surface area (Å²) in [4.78, 5) is 0.116. The van der Waals surface area contributed by atoms with Gasteiger partial charge in [0.05, 0.1) is 26.9 Å². The number of nitrogens with zero attached hydrogens (tertiary/aromatic N) is 1. The van der Waals surface area contributed by atoms with Crippen LogP contribution in [-0.2, 0) is 14.8 Å². The SMILES string of the molecule is COc1ccc(OC)c(S(=O)(=O)N2C[C@@H](C)OC[C@H]2C)c1. The molecule has 1 saturated heterocycles. The molecule has 0 bridgehead atoms. The third-order valence-electron chi connectivity index (χ3n) is 3.51. The molecule has 6 nitrogen and oxygen atoms in total. The summed E-state index contributed by atoms with van der Waals surface area (Å²) in [6, 6.07) is 4.53. The van der Waals surface area contributed by atoms with E-state index in [1.54, 1.807) is 12.1 Å². The first-order valence-corrected chi connectivity index (χ1v) is 8.19. The lowest BCUT2D eigenvalue weighted by atomic mass is 10.2. The molecule has 1 aromatic carbocycles. The van der Waals surface area contributed by atoms with Gasteiger partial charge in [-0.05, 0) is 26.0 Å². The molecule has 0 aromatic heterocycles. The van der Waals surface area contributed by atoms with Crippen molar-refractivity contribution in [3.05, 3.63) is 18.2 Å². The summed E-state index contributed by atoms with van der Waals surface area (Å²) in [5.74, 6) is 0.783. The van der Waals surface area contributed by atoms with Gasteiger partial charge in [0.15, 0.2) is 0 Å². The molecule has 1 fully saturated rings. The van der Waals surface area contributed by atoms with Crippen LogP contribution in [0.1, 0.15) is 13.8 Å². The summed E-state index contributed by atoms with van der Waals surface area (Å²) in [6.45, 7) is 4.39. The number of hydrogen-bond donors (Lipinski definition) is 0. The summed E-state index contributed by atoms with van der Waals surface area (Å²) in [7, 11) is -0.723. The van der Waals surface area contributed by atoms with E-state index in [0.29, 0.717) is 24.7 Å². The number of benzene rings is 1. The van der Waals surface area contributed by atoms with Crippen LogP contribution in [0, 0.1) is 0 Å². The van der Waals surface area contributed by atoms with Gasteiger partial charge >= 0.3 is 0 Å². The Kier molecular flexibility index (Phi) is 4.75. The summed E-state index contributed by atoms with van der Waals surface area (Å²) >= 11 is 0. The summed E-state index contributed by atoms with van der Waals surface area (Å²) in [5.41, 5.74) is 0. The van der Waals surface area contributed by atoms with E-state index in [9.17, 15) is 8.42 Å². The van der Waals surface area contributed by atoms with Crippen molar-refractivity contribution in [2.75, 3.05) is 27.4 Å². The van der Waals surface area contributed by atoms with Crippen molar-refractivity contribution in [3.8, 4) is 11.5 Å². The lowest BCUT2D eigenvalue weighted by molar-refractivity contribution is -0.0171. The molecule has 7 heteroatoms. The summed E-state index contributed by atoms with van der Waals surface area (Å²) < 4.78 is 43.1. The Morgan fingerprint density at radius 3 is 2.57 bits per heavy atom. The van der Waals surface area contributed by atoms with Crippen molar-refractivity contribution in [3.63, 3.8) is 0 Å². The van der Waals surface area contributed by atoms with Crippen molar-refractivity contribution in [2.24, 2.45) is 0 Å². The molecule has 0 aliphatic carbocycles. The van der Waals surface area contributed by atoms with Crippen molar-refractivity contribution in [2.45, 2.75) is 30.9 Å². The van der Waals surface area contributed by atoms with Gasteiger partial charge in [-0.3, -0.25) is 0 Å². The van der Waals surface area contributed by atoms with Gasteiger partial charge in [0, 0.05) is 18.7 Å². The lowest BCUT2D eigenvalue weighted by Crippen LogP contribution is -2.50. The predicted molar refractivity (Wildman–Crippen MR) is 78.3 cm³/mol. The molecule has 118 valence electrons. The van der Waals surface area contributed by atoms with Gasteiger partial charge in [-0.2, -0.15) is 4.31 Å². The van der Waals surface area contributed by atoms with Crippen LogP contribution in [-0.4, -0.2) is 52.2 Å². The molecule has 0 radical (unpaired) electrons. The Balaban J connectivity index is 2.47. The lowest BCUT2D eigenvalue weighted by Gasteiger charge is -2.35. The van der Waals surface area contributed by atoms with Gasteiger partial charge in [-0.25, -0.2) is 8.42 Å². The number of methoxy groups -OCH3 is 2. The molecule has 2 atom stereocenters. The molecule has 1 aromatic rings. The fraction of sp³-hybridized carbons (Fsp3) is 0.571. The Labute approximate surface area is 125 Å². The van der Waals surface area contributed by atoms with E-state index in [-0.39, 0.29) is 17.0 Å². The van der Waals surface area contributed by atoms with Crippen molar-refractivity contribution >= 4 is 10.0 Å². The number of ether oxygens (including phenoxy) is 3. The number of hydrogen-bond acceptors (Lipinski definition) is 5. The maximum Gasteiger partial charge on any atom is 0.247 e. The van der Waals surface area contributed by atoms with E-state index in [1.807, 2.05) is 13.8 Å². The van der Waals surface area contributed by atoms with Crippen LogP contribution in [0.25, 0.3) is 0 Å². The van der Waals surface area contributed by atoms with Crippen LogP contribution in [0.2, 0.25) is 0 Å². The molecule has 21 heavy (non-hydrogen) atoms. The van der Waals surface area contributed by atoms with Crippen LogP contribution in [0.5, 0.6) is 11.5 Å². The van der Waals surface area contributed by atoms with E-state index in [0.717, 1.165) is 0 Å². The normalized spacial score (nSPS) is 23.8. The van der Waals surface area contributed by atoms with Gasteiger partial charge < -0.3 is 14.2 Å². The molecule has 0 amide bonds. The summed E-state index contributed by atoms with van der Waals surface area (Å²) in [6.07, 6.45) is -0.132. The van der Waals surface area contributed by atoms with Gasteiger partial charge in [0.2, 0.25) is 10.0 Å². The minimum absolute atomic E-state index is 0.116. The smallest absolute Gasteiger partial charge is 0.247 e. The third-order valence-corrected chi connectivity index (χ3v) is 5.51. The topological polar surface area (TPSA) is 65.1 Å². The van der Waals surface area contributed by atoms with Crippen molar-refractivity contribution < 1.29 is 22.6 Å². The molecule has 0 unspecified atom stereocenters. The number of sulfonamides is 1. The second-order valence-electron chi connectivity index (χ2n) is 5.08. The third kappa shape index (κ3) is 3.14. The Bertz CT molecular complexity index is 601. The molecular formula is C14H21NO5S. The molecule has 0 saturated carbocycles. The number of rotatable bonds is 4. The second-order valence-corrected chi connectivity index (χ2v) is 6.94. The van der Waals surface area contributed by atoms with E-state index >= 15 is 0 Å². The van der Waals surface area contributed by atoms with Gasteiger partial charge in [0.1, 0.15) is 16.4 Å². The fourth-order valence-electron chi connectivity index (χ4n) is 2.32. The van der Waals surface area contributed by atoms with E-state index in [2.05, 4.69) is 0 Å². The molecule has 1 aliphatic rings. The Morgan fingerprint density at radius 2 is 1.95 bits per heavy atom. The molecular weight excluding hydrogens is 294 g/mol. The number of morpholine rings is 1. The largest absolute Gasteiger partial charge is 0.497 e. The minimum atomic E-state index is -3.67. The van der Waals surface area contributed by atoms with Crippen LogP contribution < -0.4 is 9.47 Å². The summed E-state index contributed by atoms with van der Waals surface area (Å²) in [5, 5.41) is 0. The quantitative estimate of drug-likeness (QED) is 0.842. The van der Waals surface area contributed by atoms with Crippen LogP contribution >= 0.6 is 0 Å². The Morgan fingerprint density at radius 1 is 1.24 bits per heavy atom. The molecule has 2 rings (SSSR count). The monoisotopic (exact) mass is 315 g/mol. The first kappa shape index (κ1) is 16.1. The van der Waals surface area contributed by atoms with Gasteiger partial charge in [-0.1, -0.05) is 0 Å². The maximum atomic E-state index is 12.9. The molecule has 0 N–H and O–H groups in total. The first-order chi connectivity index (χ1) is 9.90. The van der Waals surface area contributed by atoms with E-state index in [1.165, 1.54) is 24.6 Å². The fourth-order valence-corrected chi connectivity index (χ4v) is 4.18. The average molecular weight is 315 g/mol. The zero-order valence-corrected chi connectivity index (χ0v) is 13.5. The van der Waals surface area contributed by atoms with Crippen molar-refractivity contribution in [1.82, 2.24) is 4.31 Å². The molecule has 1 heterocycles. The highest BCUT2D eigenvalue weighted by Crippen LogP contribution is 2.32. The maximum absolute atomic E-state index is 12.9. The second kappa shape index (κ2) is 6.21. The standard InChI is InChI=1S/C14H21NO5S/c1-10-9-20-11(2)8-15(10)21(16,17)14-7-12(18-3)5-6-13(14)19-4/h5-7,10-11H,8-9H2,1-4H3/t10-,11-/m1/s1. The predicted octanol–water partition coefficient (Wildman–Crippen LogP) is 1.50. The minimum Gasteiger partial charge on any atom is -0.497 e.